The number of carbonyl (C=O) groups excluding carboxylic acids is 1. The highest BCUT2D eigenvalue weighted by Crippen LogP contribution is 2.32. The van der Waals surface area contributed by atoms with E-state index in [2.05, 4.69) is 5.32 Å². The molecule has 152 valence electrons. The van der Waals surface area contributed by atoms with Gasteiger partial charge in [0.2, 0.25) is 15.9 Å². The SMILES string of the molecule is CCSc1ccccc1NC(=O)CN(c1ccc(OC)c(OC)c1)S(C)(=O)=O. The Morgan fingerprint density at radius 3 is 2.39 bits per heavy atom. The molecule has 0 unspecified atom stereocenters. The number of amides is 1. The summed E-state index contributed by atoms with van der Waals surface area (Å²) in [5.41, 5.74) is 0.964. The number of para-hydroxylation sites is 1. The molecule has 0 aliphatic rings. The third-order valence-corrected chi connectivity index (χ3v) is 5.90. The standard InChI is InChI=1S/C19H24N2O5S2/c1-5-27-18-9-7-6-8-15(18)20-19(22)13-21(28(4,23)24)14-10-11-16(25-2)17(12-14)26-3/h6-12H,5,13H2,1-4H3,(H,20,22). The number of carbonyl (C=O) groups is 1. The second kappa shape index (κ2) is 9.70. The van der Waals surface area contributed by atoms with E-state index in [9.17, 15) is 13.2 Å². The maximum Gasteiger partial charge on any atom is 0.245 e. The molecule has 0 aliphatic heterocycles. The molecule has 0 radical (unpaired) electrons. The summed E-state index contributed by atoms with van der Waals surface area (Å²) in [5.74, 6) is 1.26. The maximum atomic E-state index is 12.6. The van der Waals surface area contributed by atoms with Gasteiger partial charge in [-0.2, -0.15) is 0 Å². The van der Waals surface area contributed by atoms with Crippen LogP contribution < -0.4 is 19.1 Å². The van der Waals surface area contributed by atoms with Crippen molar-refractivity contribution in [1.82, 2.24) is 0 Å². The lowest BCUT2D eigenvalue weighted by Crippen LogP contribution is -2.37. The van der Waals surface area contributed by atoms with Gasteiger partial charge in [-0.05, 0) is 30.0 Å². The predicted octanol–water partition coefficient (Wildman–Crippen LogP) is 3.22. The number of hydrogen-bond donors (Lipinski definition) is 1. The van der Waals surface area contributed by atoms with Gasteiger partial charge in [-0.3, -0.25) is 9.10 Å². The van der Waals surface area contributed by atoms with Gasteiger partial charge in [-0.15, -0.1) is 11.8 Å². The average molecular weight is 425 g/mol. The van der Waals surface area contributed by atoms with Gasteiger partial charge in [-0.25, -0.2) is 8.42 Å². The number of nitrogens with one attached hydrogen (secondary N) is 1. The topological polar surface area (TPSA) is 84.9 Å². The van der Waals surface area contributed by atoms with E-state index in [0.29, 0.717) is 22.9 Å². The first-order valence-electron chi connectivity index (χ1n) is 8.51. The molecule has 9 heteroatoms. The summed E-state index contributed by atoms with van der Waals surface area (Å²) >= 11 is 1.60. The van der Waals surface area contributed by atoms with E-state index in [1.54, 1.807) is 30.0 Å². The van der Waals surface area contributed by atoms with Crippen LogP contribution in [0.2, 0.25) is 0 Å². The fourth-order valence-corrected chi connectivity index (χ4v) is 4.16. The number of rotatable bonds is 9. The van der Waals surface area contributed by atoms with E-state index < -0.39 is 15.9 Å². The molecule has 1 amide bonds. The number of methoxy groups -OCH3 is 2. The number of anilines is 2. The Labute approximate surface area is 170 Å². The Bertz CT molecular complexity index is 932. The molecule has 0 spiro atoms. The van der Waals surface area contributed by atoms with E-state index in [1.165, 1.54) is 20.3 Å². The van der Waals surface area contributed by atoms with Crippen LogP contribution in [0.25, 0.3) is 0 Å². The first-order chi connectivity index (χ1) is 13.3. The summed E-state index contributed by atoms with van der Waals surface area (Å²) in [6.45, 7) is 1.66. The molecule has 2 rings (SSSR count). The third-order valence-electron chi connectivity index (χ3n) is 3.80. The van der Waals surface area contributed by atoms with E-state index in [4.69, 9.17) is 9.47 Å². The summed E-state index contributed by atoms with van der Waals surface area (Å²) in [7, 11) is -0.748. The fraction of sp³-hybridized carbons (Fsp3) is 0.316. The number of ether oxygens (including phenoxy) is 2. The molecule has 28 heavy (non-hydrogen) atoms. The van der Waals surface area contributed by atoms with Crippen molar-refractivity contribution in [2.24, 2.45) is 0 Å². The van der Waals surface area contributed by atoms with Crippen LogP contribution >= 0.6 is 11.8 Å². The molecule has 2 aromatic carbocycles. The first kappa shape index (κ1) is 21.9. The van der Waals surface area contributed by atoms with Crippen LogP contribution in [0.5, 0.6) is 11.5 Å². The van der Waals surface area contributed by atoms with Crippen LogP contribution in [-0.4, -0.2) is 47.1 Å². The molecular formula is C19H24N2O5S2. The van der Waals surface area contributed by atoms with Crippen molar-refractivity contribution in [2.45, 2.75) is 11.8 Å². The molecule has 0 saturated carbocycles. The largest absolute Gasteiger partial charge is 0.493 e. The van der Waals surface area contributed by atoms with Crippen molar-refractivity contribution < 1.29 is 22.7 Å². The van der Waals surface area contributed by atoms with Gasteiger partial charge >= 0.3 is 0 Å². The number of benzene rings is 2. The zero-order valence-corrected chi connectivity index (χ0v) is 17.9. The zero-order valence-electron chi connectivity index (χ0n) is 16.3. The Morgan fingerprint density at radius 1 is 1.11 bits per heavy atom. The number of nitrogens with zero attached hydrogens (tertiary/aromatic N) is 1. The molecular weight excluding hydrogens is 400 g/mol. The fourth-order valence-electron chi connectivity index (χ4n) is 2.55. The molecule has 0 heterocycles. The van der Waals surface area contributed by atoms with Gasteiger partial charge in [0.25, 0.3) is 0 Å². The third kappa shape index (κ3) is 5.56. The van der Waals surface area contributed by atoms with E-state index in [1.807, 2.05) is 25.1 Å². The Hall–Kier alpha value is -2.39. The normalized spacial score (nSPS) is 11.0. The van der Waals surface area contributed by atoms with Gasteiger partial charge in [0.1, 0.15) is 6.54 Å². The molecule has 0 aliphatic carbocycles. The molecule has 0 aromatic heterocycles. The van der Waals surface area contributed by atoms with E-state index in [-0.39, 0.29) is 6.54 Å². The smallest absolute Gasteiger partial charge is 0.245 e. The van der Waals surface area contributed by atoms with Gasteiger partial charge in [0, 0.05) is 11.0 Å². The lowest BCUT2D eigenvalue weighted by molar-refractivity contribution is -0.114. The number of thioether (sulfide) groups is 1. The van der Waals surface area contributed by atoms with Crippen LogP contribution in [0.1, 0.15) is 6.92 Å². The number of hydrogen-bond acceptors (Lipinski definition) is 6. The lowest BCUT2D eigenvalue weighted by Gasteiger charge is -2.23. The van der Waals surface area contributed by atoms with Crippen LogP contribution in [0.4, 0.5) is 11.4 Å². The van der Waals surface area contributed by atoms with Crippen molar-refractivity contribution in [3.8, 4) is 11.5 Å². The average Bonchev–Trinajstić information content (AvgIpc) is 2.66. The monoisotopic (exact) mass is 424 g/mol. The second-order valence-corrected chi connectivity index (χ2v) is 9.00. The highest BCUT2D eigenvalue weighted by molar-refractivity contribution is 7.99. The minimum Gasteiger partial charge on any atom is -0.493 e. The molecule has 0 bridgehead atoms. The van der Waals surface area contributed by atoms with Crippen LogP contribution in [0.15, 0.2) is 47.4 Å². The second-order valence-electron chi connectivity index (χ2n) is 5.79. The number of sulfonamides is 1. The molecule has 7 nitrogen and oxygen atoms in total. The van der Waals surface area contributed by atoms with Gasteiger partial charge in [0.05, 0.1) is 31.9 Å². The zero-order chi connectivity index (χ0) is 20.7. The summed E-state index contributed by atoms with van der Waals surface area (Å²) in [5, 5.41) is 2.80. The van der Waals surface area contributed by atoms with Crippen LogP contribution in [-0.2, 0) is 14.8 Å². The molecule has 0 atom stereocenters. The van der Waals surface area contributed by atoms with Crippen molar-refractivity contribution in [1.29, 1.82) is 0 Å². The van der Waals surface area contributed by atoms with Gasteiger partial charge in [0.15, 0.2) is 11.5 Å². The van der Waals surface area contributed by atoms with Gasteiger partial charge < -0.3 is 14.8 Å². The lowest BCUT2D eigenvalue weighted by atomic mass is 10.2. The minimum absolute atomic E-state index is 0.312. The summed E-state index contributed by atoms with van der Waals surface area (Å²) < 4.78 is 36.1. The highest BCUT2D eigenvalue weighted by atomic mass is 32.2. The van der Waals surface area contributed by atoms with Crippen molar-refractivity contribution >= 4 is 39.1 Å². The molecule has 0 fully saturated rings. The van der Waals surface area contributed by atoms with Crippen LogP contribution in [0, 0.1) is 0 Å². The summed E-state index contributed by atoms with van der Waals surface area (Å²) in [6.07, 6.45) is 1.05. The quantitative estimate of drug-likeness (QED) is 0.622. The van der Waals surface area contributed by atoms with Crippen molar-refractivity contribution in [3.05, 3.63) is 42.5 Å². The van der Waals surface area contributed by atoms with E-state index >= 15 is 0 Å². The Balaban J connectivity index is 2.28. The summed E-state index contributed by atoms with van der Waals surface area (Å²) in [6, 6.07) is 12.1. The van der Waals surface area contributed by atoms with Crippen molar-refractivity contribution in [2.75, 3.05) is 42.4 Å². The summed E-state index contributed by atoms with van der Waals surface area (Å²) in [4.78, 5) is 13.5. The molecule has 2 aromatic rings. The molecule has 0 saturated heterocycles. The van der Waals surface area contributed by atoms with E-state index in [0.717, 1.165) is 21.2 Å². The van der Waals surface area contributed by atoms with Crippen LogP contribution in [0.3, 0.4) is 0 Å². The minimum atomic E-state index is -3.70. The van der Waals surface area contributed by atoms with Gasteiger partial charge in [-0.1, -0.05) is 19.1 Å². The Kier molecular flexibility index (Phi) is 7.59. The Morgan fingerprint density at radius 2 is 1.79 bits per heavy atom. The predicted molar refractivity (Wildman–Crippen MR) is 113 cm³/mol. The highest BCUT2D eigenvalue weighted by Gasteiger charge is 2.22. The maximum absolute atomic E-state index is 12.6. The first-order valence-corrected chi connectivity index (χ1v) is 11.3. The molecule has 1 N–H and O–H groups in total. The van der Waals surface area contributed by atoms with Crippen molar-refractivity contribution in [3.63, 3.8) is 0 Å².